The number of ether oxygens (including phenoxy) is 1. The van der Waals surface area contributed by atoms with E-state index in [4.69, 9.17) is 4.74 Å². The normalized spacial score (nSPS) is 13.6. The highest BCUT2D eigenvalue weighted by molar-refractivity contribution is 7.04. The number of fused-ring (bicyclic) bond motifs is 27. The summed E-state index contributed by atoms with van der Waals surface area (Å²) in [5, 5.41) is 16.7. The van der Waals surface area contributed by atoms with Gasteiger partial charge in [-0.2, -0.15) is 0 Å². The first-order chi connectivity index (χ1) is 59.0. The number of nitrogens with one attached hydrogen (secondary N) is 1. The highest BCUT2D eigenvalue weighted by Crippen LogP contribution is 2.52. The maximum absolute atomic E-state index is 8.26. The summed E-state index contributed by atoms with van der Waals surface area (Å²) in [5.41, 5.74) is 44.8. The van der Waals surface area contributed by atoms with Gasteiger partial charge >= 0.3 is 0 Å². The number of aromatic nitrogens is 5. The van der Waals surface area contributed by atoms with Crippen molar-refractivity contribution in [2.24, 2.45) is 0 Å². The molecular formula is C108H71B3N8O. The zero-order chi connectivity index (χ0) is 78.8. The summed E-state index contributed by atoms with van der Waals surface area (Å²) in [6.07, 6.45) is 0. The van der Waals surface area contributed by atoms with E-state index in [9.17, 15) is 0 Å². The summed E-state index contributed by atoms with van der Waals surface area (Å²) < 4.78 is 21.0. The number of nitrogens with zero attached hydrogens (tertiary/aromatic N) is 7. The average molecular weight is 1530 g/mol. The van der Waals surface area contributed by atoms with Crippen LogP contribution in [0.15, 0.2) is 315 Å². The van der Waals surface area contributed by atoms with Crippen molar-refractivity contribution in [3.63, 3.8) is 0 Å². The van der Waals surface area contributed by atoms with Crippen LogP contribution >= 0.6 is 0 Å². The Bertz CT molecular complexity index is 8370. The topological polar surface area (TPSA) is 52.4 Å². The minimum absolute atomic E-state index is 0.173. The summed E-state index contributed by atoms with van der Waals surface area (Å²) >= 11 is 0. The molecule has 0 fully saturated rings. The molecule has 11 heterocycles. The van der Waals surface area contributed by atoms with Gasteiger partial charge in [-0.05, 0) is 198 Å². The molecule has 0 spiro atoms. The third-order valence-corrected chi connectivity index (χ3v) is 28.1. The smallest absolute Gasteiger partial charge is 0.256 e. The van der Waals surface area contributed by atoms with Crippen LogP contribution in [-0.4, -0.2) is 43.0 Å². The lowest BCUT2D eigenvalue weighted by molar-refractivity contribution is 0.487. The quantitative estimate of drug-likeness (QED) is 0.175. The fourth-order valence-corrected chi connectivity index (χ4v) is 23.9. The Morgan fingerprint density at radius 3 is 1.01 bits per heavy atom. The van der Waals surface area contributed by atoms with Crippen LogP contribution in [0.3, 0.4) is 0 Å². The van der Waals surface area contributed by atoms with Gasteiger partial charge in [0.15, 0.2) is 0 Å². The van der Waals surface area contributed by atoms with Crippen LogP contribution in [0.25, 0.3) is 137 Å². The Hall–Kier alpha value is -14.9. The van der Waals surface area contributed by atoms with Gasteiger partial charge in [0.2, 0.25) is 0 Å². The molecule has 0 saturated carbocycles. The Morgan fingerprint density at radius 1 is 0.233 bits per heavy atom. The van der Waals surface area contributed by atoms with Crippen molar-refractivity contribution in [2.75, 3.05) is 15.1 Å². The Labute approximate surface area is 692 Å². The largest absolute Gasteiger partial charge is 0.458 e. The molecule has 22 aromatic rings. The number of benzene rings is 17. The minimum atomic E-state index is -0.344. The number of anilines is 8. The van der Waals surface area contributed by atoms with E-state index in [0.717, 1.165) is 90.3 Å². The first-order valence-electron chi connectivity index (χ1n) is 42.1. The fraction of sp³-hybridized carbons (Fsp3) is 0.0556. The highest BCUT2D eigenvalue weighted by Gasteiger charge is 2.50. The Morgan fingerprint density at radius 2 is 0.567 bits per heavy atom. The van der Waals surface area contributed by atoms with Gasteiger partial charge in [0.1, 0.15) is 11.5 Å². The second kappa shape index (κ2) is 23.1. The number of hydrogen-bond donors (Lipinski definition) is 1. The van der Waals surface area contributed by atoms with Gasteiger partial charge in [-0.1, -0.05) is 230 Å². The maximum Gasteiger partial charge on any atom is 0.256 e. The molecule has 0 aliphatic carbocycles. The lowest BCUT2D eigenvalue weighted by Gasteiger charge is -2.45. The van der Waals surface area contributed by atoms with Crippen molar-refractivity contribution < 1.29 is 4.74 Å². The minimum Gasteiger partial charge on any atom is -0.458 e. The lowest BCUT2D eigenvalue weighted by atomic mass is 9.29. The molecule has 0 amide bonds. The second-order valence-corrected chi connectivity index (χ2v) is 34.6. The van der Waals surface area contributed by atoms with Crippen molar-refractivity contribution in [3.8, 4) is 39.9 Å². The van der Waals surface area contributed by atoms with Crippen LogP contribution in [0.2, 0.25) is 0 Å². The van der Waals surface area contributed by atoms with Crippen molar-refractivity contribution in [2.45, 2.75) is 41.5 Å². The third kappa shape index (κ3) is 8.25. The average Bonchev–Trinajstić information content (AvgIpc) is 1.21. The molecular weight excluding hydrogens is 1460 g/mol. The zero-order valence-electron chi connectivity index (χ0n) is 66.8. The van der Waals surface area contributed by atoms with E-state index in [2.05, 4.69) is 395 Å². The standard InChI is InChI=1S/C108H71B3N8O/c1-59-45-61(3)105(62(4)46-59)118-94-57-84-80(109-78-35-23-33-76-74-31-13-21-43-92(74)116(107(76)78)96-50-65(49-85(112-84)102(96)109)113-86-37-15-7-25-68(86)69-26-8-16-38-87(69)113)55-81(94)111-83-56-82-95(58-100(83)120-101-54-67(53-99(118)104(101)111)115-90-41-19-11-29-72(90)73-30-12-20-42-91(73)115)119(106-63(5)47-60(2)48-64(106)6)98-52-66(114-88-39-17-9-27-70(88)71-28-10-18-40-89(71)114)51-97-103(98)110(82)79-36-24-34-77-75-32-14-22-44-93(75)117(97)108(77)79/h7-58,112H,1-6H3. The van der Waals surface area contributed by atoms with Crippen molar-refractivity contribution in [3.05, 3.63) is 349 Å². The van der Waals surface area contributed by atoms with E-state index >= 15 is 0 Å². The summed E-state index contributed by atoms with van der Waals surface area (Å²) in [4.78, 5) is 5.31. The molecule has 6 aliphatic heterocycles. The van der Waals surface area contributed by atoms with Crippen LogP contribution in [0, 0.1) is 41.5 Å². The van der Waals surface area contributed by atoms with Crippen LogP contribution in [0.1, 0.15) is 33.4 Å². The molecule has 558 valence electrons. The summed E-state index contributed by atoms with van der Waals surface area (Å²) in [6, 6.07) is 121. The molecule has 0 radical (unpaired) electrons. The zero-order valence-corrected chi connectivity index (χ0v) is 66.8. The van der Waals surface area contributed by atoms with Crippen LogP contribution in [-0.2, 0) is 0 Å². The highest BCUT2D eigenvalue weighted by atomic mass is 16.5. The number of aryl methyl sites for hydroxylation is 6. The molecule has 0 atom stereocenters. The monoisotopic (exact) mass is 1530 g/mol. The molecule has 12 heteroatoms. The molecule has 0 unspecified atom stereocenters. The molecule has 17 aromatic carbocycles. The number of hydrogen-bond acceptors (Lipinski definition) is 4. The van der Waals surface area contributed by atoms with Gasteiger partial charge in [-0.25, -0.2) is 0 Å². The van der Waals surface area contributed by atoms with E-state index in [-0.39, 0.29) is 20.1 Å². The van der Waals surface area contributed by atoms with Crippen LogP contribution < -0.4 is 69.0 Å². The SMILES string of the molecule is Cc1cc(C)c(N2c3cc4c(cc3B3c5cc6c(cc5Oc5cc(-n7c8ccccc8c8ccccc87)cc2c53)N(c2c(C)cc(C)cc2C)c2cc(-n3c5ccccc5c5ccccc53)cc3c2B6c2cccc5c6ccccc6n-3c25)B2c3c(cc(-n5c6ccccc6c6ccccc65)cc3-n3c5ccccc5c5cccc2c53)N4)c(C)c1. The molecule has 6 aliphatic rings. The van der Waals surface area contributed by atoms with Crippen molar-refractivity contribution >= 4 is 224 Å². The first-order valence-corrected chi connectivity index (χ1v) is 42.1. The van der Waals surface area contributed by atoms with E-state index in [1.54, 1.807) is 0 Å². The molecule has 9 nitrogen and oxygen atoms in total. The lowest BCUT2D eigenvalue weighted by Crippen LogP contribution is -2.65. The van der Waals surface area contributed by atoms with E-state index in [1.165, 1.54) is 187 Å². The Balaban J connectivity index is 0.762. The molecule has 120 heavy (non-hydrogen) atoms. The van der Waals surface area contributed by atoms with Crippen LogP contribution in [0.4, 0.5) is 45.5 Å². The summed E-state index contributed by atoms with van der Waals surface area (Å²) in [7, 11) is 0. The van der Waals surface area contributed by atoms with Gasteiger partial charge in [0, 0.05) is 123 Å². The summed E-state index contributed by atoms with van der Waals surface area (Å²) in [6.45, 7) is 13.0. The number of rotatable bonds is 5. The van der Waals surface area contributed by atoms with Crippen molar-refractivity contribution in [1.29, 1.82) is 0 Å². The van der Waals surface area contributed by atoms with Crippen molar-refractivity contribution in [1.82, 2.24) is 22.8 Å². The molecule has 0 bridgehead atoms. The number of para-hydroxylation sites is 10. The van der Waals surface area contributed by atoms with Gasteiger partial charge in [0.05, 0.1) is 72.6 Å². The van der Waals surface area contributed by atoms with Crippen LogP contribution in [0.5, 0.6) is 11.5 Å². The Kier molecular flexibility index (Phi) is 12.6. The first kappa shape index (κ1) is 65.3. The molecule has 5 aromatic heterocycles. The van der Waals surface area contributed by atoms with Gasteiger partial charge < -0.3 is 42.7 Å². The predicted molar refractivity (Wildman–Crippen MR) is 506 cm³/mol. The van der Waals surface area contributed by atoms with Gasteiger partial charge in [0.25, 0.3) is 20.1 Å². The van der Waals surface area contributed by atoms with Gasteiger partial charge in [-0.3, -0.25) is 0 Å². The van der Waals surface area contributed by atoms with E-state index < -0.39 is 0 Å². The fourth-order valence-electron chi connectivity index (χ4n) is 23.9. The second-order valence-electron chi connectivity index (χ2n) is 34.6. The van der Waals surface area contributed by atoms with E-state index in [1.807, 2.05) is 0 Å². The van der Waals surface area contributed by atoms with Gasteiger partial charge in [-0.15, -0.1) is 0 Å². The maximum atomic E-state index is 8.26. The molecule has 28 rings (SSSR count). The molecule has 1 N–H and O–H groups in total. The van der Waals surface area contributed by atoms with E-state index in [0.29, 0.717) is 0 Å². The summed E-state index contributed by atoms with van der Waals surface area (Å²) in [5.74, 6) is 1.67. The predicted octanol–water partition coefficient (Wildman–Crippen LogP) is 20.9. The third-order valence-electron chi connectivity index (χ3n) is 28.1. The molecule has 0 saturated heterocycles.